The third-order valence-electron chi connectivity index (χ3n) is 1.08. The highest BCUT2D eigenvalue weighted by Crippen LogP contribution is 1.91. The minimum Gasteiger partial charge on any atom is -0.352 e. The first-order valence-electron chi connectivity index (χ1n) is 3.72. The van der Waals surface area contributed by atoms with E-state index in [1.54, 1.807) is 0 Å². The van der Waals surface area contributed by atoms with E-state index in [4.69, 9.17) is 9.47 Å². The Balaban J connectivity index is 3.30. The molecule has 0 bridgehead atoms. The standard InChI is InChI=1S/C7H17NO2/c1-4-9-7(6-8-3)10-5-2/h7-8H,4-6H2,1-3H3. The maximum atomic E-state index is 5.24. The highest BCUT2D eigenvalue weighted by molar-refractivity contribution is 4.45. The molecule has 3 heteroatoms. The second kappa shape index (κ2) is 6.99. The maximum Gasteiger partial charge on any atom is 0.169 e. The summed E-state index contributed by atoms with van der Waals surface area (Å²) in [5.74, 6) is 0. The Morgan fingerprint density at radius 1 is 1.20 bits per heavy atom. The number of hydrogen-bond donors (Lipinski definition) is 1. The van der Waals surface area contributed by atoms with Crippen LogP contribution < -0.4 is 5.32 Å². The molecule has 3 nitrogen and oxygen atoms in total. The molecule has 0 rings (SSSR count). The molecule has 0 amide bonds. The molecule has 10 heavy (non-hydrogen) atoms. The summed E-state index contributed by atoms with van der Waals surface area (Å²) in [5.41, 5.74) is 0. The van der Waals surface area contributed by atoms with Crippen LogP contribution in [0.4, 0.5) is 0 Å². The van der Waals surface area contributed by atoms with Crippen molar-refractivity contribution in [2.75, 3.05) is 26.8 Å². The lowest BCUT2D eigenvalue weighted by atomic mass is 10.6. The molecule has 0 aromatic carbocycles. The second-order valence-corrected chi connectivity index (χ2v) is 1.90. The van der Waals surface area contributed by atoms with Gasteiger partial charge in [0.25, 0.3) is 0 Å². The fourth-order valence-corrected chi connectivity index (χ4v) is 0.704. The minimum absolute atomic E-state index is 0.0833. The van der Waals surface area contributed by atoms with Crippen molar-refractivity contribution >= 4 is 0 Å². The van der Waals surface area contributed by atoms with Crippen LogP contribution in [0.15, 0.2) is 0 Å². The van der Waals surface area contributed by atoms with E-state index >= 15 is 0 Å². The third-order valence-corrected chi connectivity index (χ3v) is 1.08. The highest BCUT2D eigenvalue weighted by Gasteiger charge is 2.03. The molecular formula is C7H17NO2. The van der Waals surface area contributed by atoms with Gasteiger partial charge in [-0.1, -0.05) is 0 Å². The molecule has 0 aromatic rings. The summed E-state index contributed by atoms with van der Waals surface area (Å²) in [7, 11) is 1.88. The Labute approximate surface area is 62.7 Å². The zero-order valence-corrected chi connectivity index (χ0v) is 7.02. The summed E-state index contributed by atoms with van der Waals surface area (Å²) >= 11 is 0. The van der Waals surface area contributed by atoms with Crippen LogP contribution in [0.5, 0.6) is 0 Å². The zero-order chi connectivity index (χ0) is 7.82. The molecule has 0 saturated heterocycles. The van der Waals surface area contributed by atoms with Crippen LogP contribution in [0.2, 0.25) is 0 Å². The van der Waals surface area contributed by atoms with E-state index in [0.29, 0.717) is 13.2 Å². The molecule has 0 heterocycles. The molecule has 0 aliphatic heterocycles. The van der Waals surface area contributed by atoms with Crippen LogP contribution in [0, 0.1) is 0 Å². The van der Waals surface area contributed by atoms with Crippen LogP contribution in [0.25, 0.3) is 0 Å². The van der Waals surface area contributed by atoms with E-state index in [2.05, 4.69) is 5.32 Å². The SMILES string of the molecule is CCOC(CNC)OCC. The van der Waals surface area contributed by atoms with Gasteiger partial charge in [-0.3, -0.25) is 0 Å². The van der Waals surface area contributed by atoms with Gasteiger partial charge in [0.05, 0.1) is 0 Å². The minimum atomic E-state index is -0.0833. The fourth-order valence-electron chi connectivity index (χ4n) is 0.704. The van der Waals surface area contributed by atoms with Crippen molar-refractivity contribution in [3.05, 3.63) is 0 Å². The second-order valence-electron chi connectivity index (χ2n) is 1.90. The van der Waals surface area contributed by atoms with E-state index < -0.39 is 0 Å². The lowest BCUT2D eigenvalue weighted by molar-refractivity contribution is -0.132. The van der Waals surface area contributed by atoms with Gasteiger partial charge in [0.2, 0.25) is 0 Å². The quantitative estimate of drug-likeness (QED) is 0.558. The Morgan fingerprint density at radius 2 is 1.70 bits per heavy atom. The van der Waals surface area contributed by atoms with Gasteiger partial charge in [-0.05, 0) is 20.9 Å². The van der Waals surface area contributed by atoms with E-state index in [0.717, 1.165) is 6.54 Å². The Kier molecular flexibility index (Phi) is 6.91. The maximum absolute atomic E-state index is 5.24. The smallest absolute Gasteiger partial charge is 0.169 e. The molecule has 0 unspecified atom stereocenters. The Hall–Kier alpha value is -0.120. The van der Waals surface area contributed by atoms with E-state index in [1.807, 2.05) is 20.9 Å². The van der Waals surface area contributed by atoms with Crippen molar-refractivity contribution in [2.24, 2.45) is 0 Å². The van der Waals surface area contributed by atoms with E-state index in [9.17, 15) is 0 Å². The topological polar surface area (TPSA) is 30.5 Å². The molecule has 0 saturated carbocycles. The Morgan fingerprint density at radius 3 is 2.00 bits per heavy atom. The summed E-state index contributed by atoms with van der Waals surface area (Å²) in [6.07, 6.45) is -0.0833. The lowest BCUT2D eigenvalue weighted by Gasteiger charge is -2.15. The van der Waals surface area contributed by atoms with Crippen LogP contribution in [0.3, 0.4) is 0 Å². The summed E-state index contributed by atoms with van der Waals surface area (Å²) < 4.78 is 10.5. The molecule has 0 spiro atoms. The molecule has 0 atom stereocenters. The number of ether oxygens (including phenoxy) is 2. The summed E-state index contributed by atoms with van der Waals surface area (Å²) in [6.45, 7) is 6.07. The lowest BCUT2D eigenvalue weighted by Crippen LogP contribution is -2.29. The van der Waals surface area contributed by atoms with Gasteiger partial charge < -0.3 is 14.8 Å². The molecule has 0 fully saturated rings. The average molecular weight is 147 g/mol. The normalized spacial score (nSPS) is 10.8. The molecule has 1 N–H and O–H groups in total. The van der Waals surface area contributed by atoms with Gasteiger partial charge in [-0.2, -0.15) is 0 Å². The van der Waals surface area contributed by atoms with Crippen molar-refractivity contribution in [2.45, 2.75) is 20.1 Å². The molecule has 0 radical (unpaired) electrons. The Bertz CT molecular complexity index is 54.4. The number of nitrogens with one attached hydrogen (secondary N) is 1. The largest absolute Gasteiger partial charge is 0.352 e. The average Bonchev–Trinajstić information content (AvgIpc) is 1.90. The van der Waals surface area contributed by atoms with Gasteiger partial charge in [0.15, 0.2) is 6.29 Å². The van der Waals surface area contributed by atoms with Gasteiger partial charge >= 0.3 is 0 Å². The highest BCUT2D eigenvalue weighted by atomic mass is 16.7. The van der Waals surface area contributed by atoms with Crippen LogP contribution in [0.1, 0.15) is 13.8 Å². The van der Waals surface area contributed by atoms with E-state index in [-0.39, 0.29) is 6.29 Å². The van der Waals surface area contributed by atoms with Crippen molar-refractivity contribution in [3.63, 3.8) is 0 Å². The van der Waals surface area contributed by atoms with Crippen molar-refractivity contribution in [1.29, 1.82) is 0 Å². The predicted octanol–water partition coefficient (Wildman–Crippen LogP) is 0.605. The number of rotatable bonds is 6. The van der Waals surface area contributed by atoms with Gasteiger partial charge in [-0.15, -0.1) is 0 Å². The van der Waals surface area contributed by atoms with Crippen LogP contribution >= 0.6 is 0 Å². The summed E-state index contributed by atoms with van der Waals surface area (Å²) in [4.78, 5) is 0. The first-order valence-corrected chi connectivity index (χ1v) is 3.72. The van der Waals surface area contributed by atoms with Crippen LogP contribution in [-0.2, 0) is 9.47 Å². The third kappa shape index (κ3) is 4.73. The monoisotopic (exact) mass is 147 g/mol. The van der Waals surface area contributed by atoms with Crippen molar-refractivity contribution in [3.8, 4) is 0 Å². The molecule has 0 aliphatic rings. The first kappa shape index (κ1) is 9.88. The first-order chi connectivity index (χ1) is 4.85. The van der Waals surface area contributed by atoms with Crippen LogP contribution in [-0.4, -0.2) is 33.1 Å². The van der Waals surface area contributed by atoms with Gasteiger partial charge in [0, 0.05) is 19.8 Å². The molecular weight excluding hydrogens is 130 g/mol. The van der Waals surface area contributed by atoms with Gasteiger partial charge in [-0.25, -0.2) is 0 Å². The number of likely N-dealkylation sites (N-methyl/N-ethyl adjacent to an activating group) is 1. The van der Waals surface area contributed by atoms with Crippen molar-refractivity contribution < 1.29 is 9.47 Å². The summed E-state index contributed by atoms with van der Waals surface area (Å²) in [6, 6.07) is 0. The molecule has 0 aliphatic carbocycles. The van der Waals surface area contributed by atoms with Crippen molar-refractivity contribution in [1.82, 2.24) is 5.32 Å². The molecule has 62 valence electrons. The summed E-state index contributed by atoms with van der Waals surface area (Å²) in [5, 5.41) is 2.99. The fraction of sp³-hybridized carbons (Fsp3) is 1.00. The molecule has 0 aromatic heterocycles. The van der Waals surface area contributed by atoms with Gasteiger partial charge in [0.1, 0.15) is 0 Å². The zero-order valence-electron chi connectivity index (χ0n) is 7.02. The predicted molar refractivity (Wildman–Crippen MR) is 41.0 cm³/mol. The number of hydrogen-bond acceptors (Lipinski definition) is 3. The van der Waals surface area contributed by atoms with E-state index in [1.165, 1.54) is 0 Å².